The summed E-state index contributed by atoms with van der Waals surface area (Å²) in [6, 6.07) is 0. The van der Waals surface area contributed by atoms with Gasteiger partial charge < -0.3 is 5.32 Å². The number of hydrogen-bond acceptors (Lipinski definition) is 3. The molecule has 2 aromatic rings. The minimum absolute atomic E-state index is 0.134. The standard InChI is InChI=1S/C14H16BrCl2F2N5O/c1-7-11(16)13(17)23(21-7)5-3-4-20-9(25)6-24-8(2)10(15)12(22-24)14(18)19/h14H,3-6H2,1-2H3,(H,20,25). The highest BCUT2D eigenvalue weighted by Crippen LogP contribution is 2.29. The number of carbonyl (C=O) groups excluding carboxylic acids is 1. The smallest absolute Gasteiger partial charge is 0.283 e. The van der Waals surface area contributed by atoms with Crippen LogP contribution in [0, 0.1) is 13.8 Å². The Kier molecular flexibility index (Phi) is 6.81. The second-order valence-corrected chi connectivity index (χ2v) is 6.89. The lowest BCUT2D eigenvalue weighted by Crippen LogP contribution is -2.29. The second kappa shape index (κ2) is 8.46. The number of hydrogen-bond donors (Lipinski definition) is 1. The minimum atomic E-state index is -2.70. The van der Waals surface area contributed by atoms with Crippen molar-refractivity contribution in [3.05, 3.63) is 31.7 Å². The van der Waals surface area contributed by atoms with Gasteiger partial charge in [0.25, 0.3) is 6.43 Å². The van der Waals surface area contributed by atoms with E-state index in [1.54, 1.807) is 18.5 Å². The number of aryl methyl sites for hydroxylation is 2. The van der Waals surface area contributed by atoms with Crippen LogP contribution in [0.4, 0.5) is 8.78 Å². The molecule has 11 heteroatoms. The molecule has 138 valence electrons. The average Bonchev–Trinajstić information content (AvgIpc) is 2.97. The molecule has 2 aromatic heterocycles. The zero-order valence-electron chi connectivity index (χ0n) is 13.5. The third-order valence-electron chi connectivity index (χ3n) is 3.52. The van der Waals surface area contributed by atoms with Crippen molar-refractivity contribution in [2.45, 2.75) is 39.8 Å². The number of aromatic nitrogens is 4. The van der Waals surface area contributed by atoms with Crippen molar-refractivity contribution in [1.82, 2.24) is 24.9 Å². The van der Waals surface area contributed by atoms with Crippen LogP contribution in [0.25, 0.3) is 0 Å². The van der Waals surface area contributed by atoms with Crippen LogP contribution in [0.5, 0.6) is 0 Å². The van der Waals surface area contributed by atoms with Gasteiger partial charge in [-0.05, 0) is 36.2 Å². The number of amides is 1. The topological polar surface area (TPSA) is 64.7 Å². The van der Waals surface area contributed by atoms with Gasteiger partial charge in [0.05, 0.1) is 15.9 Å². The van der Waals surface area contributed by atoms with Gasteiger partial charge in [-0.3, -0.25) is 14.2 Å². The van der Waals surface area contributed by atoms with E-state index in [2.05, 4.69) is 31.4 Å². The predicted octanol–water partition coefficient (Wildman–Crippen LogP) is 3.91. The normalized spacial score (nSPS) is 11.4. The summed E-state index contributed by atoms with van der Waals surface area (Å²) in [6.07, 6.45) is -2.11. The molecule has 2 heterocycles. The molecule has 0 aliphatic carbocycles. The van der Waals surface area contributed by atoms with Gasteiger partial charge in [-0.1, -0.05) is 23.2 Å². The molecule has 2 rings (SSSR count). The molecule has 0 unspecified atom stereocenters. The number of nitrogens with zero attached hydrogens (tertiary/aromatic N) is 4. The summed E-state index contributed by atoms with van der Waals surface area (Å²) in [7, 11) is 0. The summed E-state index contributed by atoms with van der Waals surface area (Å²) in [5.74, 6) is -0.320. The lowest BCUT2D eigenvalue weighted by Gasteiger charge is -2.07. The number of rotatable bonds is 7. The van der Waals surface area contributed by atoms with Crippen molar-refractivity contribution in [2.24, 2.45) is 0 Å². The summed E-state index contributed by atoms with van der Waals surface area (Å²) in [6.45, 7) is 4.11. The summed E-state index contributed by atoms with van der Waals surface area (Å²) >= 11 is 15.0. The van der Waals surface area contributed by atoms with E-state index < -0.39 is 6.43 Å². The maximum atomic E-state index is 12.8. The molecule has 25 heavy (non-hydrogen) atoms. The summed E-state index contributed by atoms with van der Waals surface area (Å²) in [4.78, 5) is 11.9. The molecule has 0 radical (unpaired) electrons. The SMILES string of the molecule is Cc1nn(CCCNC(=O)Cn2nc(C(F)F)c(Br)c2C)c(Cl)c1Cl. The van der Waals surface area contributed by atoms with Gasteiger partial charge in [-0.25, -0.2) is 8.78 Å². The molecule has 0 aliphatic rings. The van der Waals surface area contributed by atoms with E-state index in [4.69, 9.17) is 23.2 Å². The third-order valence-corrected chi connectivity index (χ3v) is 5.44. The fourth-order valence-corrected chi connectivity index (χ4v) is 3.02. The molecule has 1 amide bonds. The van der Waals surface area contributed by atoms with Gasteiger partial charge in [0.1, 0.15) is 22.4 Å². The van der Waals surface area contributed by atoms with E-state index in [9.17, 15) is 13.6 Å². The number of nitrogens with one attached hydrogen (secondary N) is 1. The first-order chi connectivity index (χ1) is 11.7. The molecular formula is C14H16BrCl2F2N5O. The third kappa shape index (κ3) is 4.71. The van der Waals surface area contributed by atoms with Crippen molar-refractivity contribution >= 4 is 45.0 Å². The highest BCUT2D eigenvalue weighted by atomic mass is 79.9. The molecule has 0 aromatic carbocycles. The largest absolute Gasteiger partial charge is 0.354 e. The number of alkyl halides is 2. The Balaban J connectivity index is 1.83. The first-order valence-electron chi connectivity index (χ1n) is 7.38. The van der Waals surface area contributed by atoms with Gasteiger partial charge >= 0.3 is 0 Å². The Morgan fingerprint density at radius 2 is 1.96 bits per heavy atom. The minimum Gasteiger partial charge on any atom is -0.354 e. The van der Waals surface area contributed by atoms with Gasteiger partial charge in [0, 0.05) is 13.1 Å². The van der Waals surface area contributed by atoms with Crippen LogP contribution in [-0.4, -0.2) is 32.0 Å². The Labute approximate surface area is 161 Å². The van der Waals surface area contributed by atoms with Gasteiger partial charge in [0.15, 0.2) is 0 Å². The lowest BCUT2D eigenvalue weighted by molar-refractivity contribution is -0.121. The van der Waals surface area contributed by atoms with Gasteiger partial charge in [-0.2, -0.15) is 10.2 Å². The van der Waals surface area contributed by atoms with Crippen LogP contribution in [-0.2, 0) is 17.9 Å². The van der Waals surface area contributed by atoms with Gasteiger partial charge in [-0.15, -0.1) is 0 Å². The summed E-state index contributed by atoms with van der Waals surface area (Å²) in [5, 5.41) is 11.4. The quantitative estimate of drug-likeness (QED) is 0.639. The fourth-order valence-electron chi connectivity index (χ4n) is 2.17. The molecule has 0 saturated carbocycles. The molecule has 0 aliphatic heterocycles. The van der Waals surface area contributed by atoms with Crippen LogP contribution < -0.4 is 5.32 Å². The van der Waals surface area contributed by atoms with Crippen LogP contribution in [0.15, 0.2) is 4.47 Å². The number of carbonyl (C=O) groups is 1. The molecule has 0 bridgehead atoms. The van der Waals surface area contributed by atoms with Gasteiger partial charge in [0.2, 0.25) is 5.91 Å². The van der Waals surface area contributed by atoms with E-state index in [1.807, 2.05) is 0 Å². The van der Waals surface area contributed by atoms with E-state index in [-0.39, 0.29) is 22.6 Å². The molecule has 0 spiro atoms. The summed E-state index contributed by atoms with van der Waals surface area (Å²) < 4.78 is 28.6. The highest BCUT2D eigenvalue weighted by molar-refractivity contribution is 9.10. The monoisotopic (exact) mass is 457 g/mol. The predicted molar refractivity (Wildman–Crippen MR) is 94.2 cm³/mol. The molecular weight excluding hydrogens is 443 g/mol. The zero-order valence-corrected chi connectivity index (χ0v) is 16.6. The zero-order chi connectivity index (χ0) is 18.7. The van der Waals surface area contributed by atoms with Crippen molar-refractivity contribution < 1.29 is 13.6 Å². The van der Waals surface area contributed by atoms with E-state index in [0.29, 0.717) is 41.1 Å². The Bertz CT molecular complexity index is 778. The molecule has 0 saturated heterocycles. The highest BCUT2D eigenvalue weighted by Gasteiger charge is 2.21. The average molecular weight is 459 g/mol. The van der Waals surface area contributed by atoms with Crippen molar-refractivity contribution in [1.29, 1.82) is 0 Å². The Hall–Kier alpha value is -1.19. The summed E-state index contributed by atoms with van der Waals surface area (Å²) in [5.41, 5.74) is 0.745. The van der Waals surface area contributed by atoms with Crippen molar-refractivity contribution in [3.8, 4) is 0 Å². The fraction of sp³-hybridized carbons (Fsp3) is 0.500. The van der Waals surface area contributed by atoms with Crippen molar-refractivity contribution in [2.75, 3.05) is 6.54 Å². The lowest BCUT2D eigenvalue weighted by atomic mass is 10.4. The maximum Gasteiger partial charge on any atom is 0.283 e. The molecule has 0 fully saturated rings. The molecule has 1 N–H and O–H groups in total. The van der Waals surface area contributed by atoms with Crippen molar-refractivity contribution in [3.63, 3.8) is 0 Å². The van der Waals surface area contributed by atoms with Crippen LogP contribution in [0.2, 0.25) is 10.2 Å². The molecule has 0 atom stereocenters. The van der Waals surface area contributed by atoms with E-state index >= 15 is 0 Å². The van der Waals surface area contributed by atoms with E-state index in [0.717, 1.165) is 0 Å². The first kappa shape index (κ1) is 20.1. The van der Waals surface area contributed by atoms with E-state index in [1.165, 1.54) is 4.68 Å². The van der Waals surface area contributed by atoms with Crippen LogP contribution in [0.1, 0.15) is 29.9 Å². The second-order valence-electron chi connectivity index (χ2n) is 5.36. The number of halogens is 5. The maximum absolute atomic E-state index is 12.8. The Morgan fingerprint density at radius 1 is 1.28 bits per heavy atom. The Morgan fingerprint density at radius 3 is 2.48 bits per heavy atom. The molecule has 6 nitrogen and oxygen atoms in total. The first-order valence-corrected chi connectivity index (χ1v) is 8.93. The van der Waals surface area contributed by atoms with Crippen LogP contribution >= 0.6 is 39.1 Å². The van der Waals surface area contributed by atoms with Crippen LogP contribution in [0.3, 0.4) is 0 Å².